The average Bonchev–Trinajstić information content (AvgIpc) is 2.15. The smallest absolute Gasteiger partial charge is 0.142 e. The number of aromatic nitrogens is 1. The van der Waals surface area contributed by atoms with Crippen molar-refractivity contribution in [3.05, 3.63) is 24.0 Å². The summed E-state index contributed by atoms with van der Waals surface area (Å²) in [5, 5.41) is 0. The van der Waals surface area contributed by atoms with Gasteiger partial charge in [-0.3, -0.25) is 4.98 Å². The van der Waals surface area contributed by atoms with Crippen molar-refractivity contribution in [3.63, 3.8) is 0 Å². The van der Waals surface area contributed by atoms with Crippen LogP contribution in [-0.2, 0) is 11.3 Å². The van der Waals surface area contributed by atoms with E-state index in [0.29, 0.717) is 13.2 Å². The molecule has 12 heavy (non-hydrogen) atoms. The Kier molecular flexibility index (Phi) is 3.54. The lowest BCUT2D eigenvalue weighted by Gasteiger charge is -2.06. The molecule has 0 aliphatic rings. The van der Waals surface area contributed by atoms with E-state index in [2.05, 4.69) is 4.98 Å². The van der Waals surface area contributed by atoms with Crippen LogP contribution < -0.4 is 4.74 Å². The van der Waals surface area contributed by atoms with E-state index in [-0.39, 0.29) is 0 Å². The minimum atomic E-state index is 0.586. The van der Waals surface area contributed by atoms with Crippen LogP contribution in [0.5, 0.6) is 5.75 Å². The van der Waals surface area contributed by atoms with Crippen LogP contribution in [0.15, 0.2) is 18.5 Å². The zero-order chi connectivity index (χ0) is 8.81. The Hall–Kier alpha value is -1.09. The van der Waals surface area contributed by atoms with Crippen molar-refractivity contribution in [2.75, 3.05) is 13.7 Å². The average molecular weight is 167 g/mol. The molecule has 0 fully saturated rings. The van der Waals surface area contributed by atoms with Crippen molar-refractivity contribution in [1.82, 2.24) is 4.98 Å². The number of ether oxygens (including phenoxy) is 2. The number of methoxy groups -OCH3 is 1. The van der Waals surface area contributed by atoms with Crippen LogP contribution >= 0.6 is 0 Å². The highest BCUT2D eigenvalue weighted by atomic mass is 16.5. The molecule has 0 saturated heterocycles. The highest BCUT2D eigenvalue weighted by molar-refractivity contribution is 5.28. The number of pyridine rings is 1. The van der Waals surface area contributed by atoms with E-state index < -0.39 is 0 Å². The second kappa shape index (κ2) is 4.72. The molecule has 0 aliphatic heterocycles. The molecule has 1 aromatic rings. The van der Waals surface area contributed by atoms with Gasteiger partial charge in [0.1, 0.15) is 5.75 Å². The van der Waals surface area contributed by atoms with Gasteiger partial charge in [-0.05, 0) is 13.0 Å². The molecular formula is C9H13NO2. The van der Waals surface area contributed by atoms with Crippen LogP contribution in [0, 0.1) is 0 Å². The first kappa shape index (κ1) is 9.00. The molecule has 1 rings (SSSR count). The Bertz CT molecular complexity index is 238. The Balaban J connectivity index is 2.68. The Morgan fingerprint density at radius 1 is 1.50 bits per heavy atom. The molecule has 0 bridgehead atoms. The SMILES string of the molecule is CCOCc1ccncc1OC. The van der Waals surface area contributed by atoms with Crippen molar-refractivity contribution < 1.29 is 9.47 Å². The Labute approximate surface area is 72.3 Å². The molecule has 66 valence electrons. The maximum atomic E-state index is 5.25. The summed E-state index contributed by atoms with van der Waals surface area (Å²) in [5.74, 6) is 0.783. The zero-order valence-electron chi connectivity index (χ0n) is 7.41. The van der Waals surface area contributed by atoms with Gasteiger partial charge < -0.3 is 9.47 Å². The lowest BCUT2D eigenvalue weighted by Crippen LogP contribution is -1.96. The standard InChI is InChI=1S/C9H13NO2/c1-3-12-7-8-4-5-10-6-9(8)11-2/h4-6H,3,7H2,1-2H3. The van der Waals surface area contributed by atoms with E-state index in [9.17, 15) is 0 Å². The summed E-state index contributed by atoms with van der Waals surface area (Å²) in [6.07, 6.45) is 3.42. The third kappa shape index (κ3) is 2.20. The van der Waals surface area contributed by atoms with Gasteiger partial charge in [0.05, 0.1) is 19.9 Å². The van der Waals surface area contributed by atoms with Crippen LogP contribution in [0.4, 0.5) is 0 Å². The molecule has 0 radical (unpaired) electrons. The fraction of sp³-hybridized carbons (Fsp3) is 0.444. The fourth-order valence-corrected chi connectivity index (χ4v) is 0.924. The van der Waals surface area contributed by atoms with Gasteiger partial charge in [-0.25, -0.2) is 0 Å². The molecule has 0 saturated carbocycles. The van der Waals surface area contributed by atoms with Gasteiger partial charge in [0.25, 0.3) is 0 Å². The number of hydrogen-bond donors (Lipinski definition) is 0. The van der Waals surface area contributed by atoms with Crippen LogP contribution in [0.25, 0.3) is 0 Å². The van der Waals surface area contributed by atoms with Gasteiger partial charge in [0.15, 0.2) is 0 Å². The van der Waals surface area contributed by atoms with Crippen molar-refractivity contribution in [2.24, 2.45) is 0 Å². The number of hydrogen-bond acceptors (Lipinski definition) is 3. The van der Waals surface area contributed by atoms with Crippen molar-refractivity contribution in [2.45, 2.75) is 13.5 Å². The van der Waals surface area contributed by atoms with Crippen LogP contribution in [-0.4, -0.2) is 18.7 Å². The molecule has 0 aliphatic carbocycles. The summed E-state index contributed by atoms with van der Waals surface area (Å²) < 4.78 is 10.4. The van der Waals surface area contributed by atoms with E-state index in [1.54, 1.807) is 19.5 Å². The second-order valence-corrected chi connectivity index (χ2v) is 2.32. The first-order chi connectivity index (χ1) is 5.88. The summed E-state index contributed by atoms with van der Waals surface area (Å²) in [6.45, 7) is 3.27. The molecule has 0 amide bonds. The van der Waals surface area contributed by atoms with Gasteiger partial charge in [-0.2, -0.15) is 0 Å². The normalized spacial score (nSPS) is 9.83. The number of nitrogens with zero attached hydrogens (tertiary/aromatic N) is 1. The fourth-order valence-electron chi connectivity index (χ4n) is 0.924. The molecular weight excluding hydrogens is 154 g/mol. The third-order valence-electron chi connectivity index (χ3n) is 1.55. The summed E-state index contributed by atoms with van der Waals surface area (Å²) in [6, 6.07) is 1.90. The van der Waals surface area contributed by atoms with E-state index >= 15 is 0 Å². The van der Waals surface area contributed by atoms with E-state index in [4.69, 9.17) is 9.47 Å². The quantitative estimate of drug-likeness (QED) is 0.683. The van der Waals surface area contributed by atoms with Gasteiger partial charge in [-0.15, -0.1) is 0 Å². The van der Waals surface area contributed by atoms with Gasteiger partial charge in [0, 0.05) is 18.4 Å². The Morgan fingerprint density at radius 2 is 2.33 bits per heavy atom. The van der Waals surface area contributed by atoms with E-state index in [0.717, 1.165) is 11.3 Å². The predicted octanol–water partition coefficient (Wildman–Crippen LogP) is 1.63. The largest absolute Gasteiger partial charge is 0.495 e. The monoisotopic (exact) mass is 167 g/mol. The van der Waals surface area contributed by atoms with E-state index in [1.807, 2.05) is 13.0 Å². The van der Waals surface area contributed by atoms with Crippen molar-refractivity contribution in [1.29, 1.82) is 0 Å². The van der Waals surface area contributed by atoms with Crippen LogP contribution in [0.3, 0.4) is 0 Å². The summed E-state index contributed by atoms with van der Waals surface area (Å²) in [7, 11) is 1.63. The van der Waals surface area contributed by atoms with Crippen LogP contribution in [0.2, 0.25) is 0 Å². The molecule has 3 heteroatoms. The molecule has 1 heterocycles. The Morgan fingerprint density at radius 3 is 3.00 bits per heavy atom. The second-order valence-electron chi connectivity index (χ2n) is 2.32. The first-order valence-electron chi connectivity index (χ1n) is 3.93. The predicted molar refractivity (Wildman–Crippen MR) is 46.1 cm³/mol. The topological polar surface area (TPSA) is 31.4 Å². The molecule has 0 N–H and O–H groups in total. The van der Waals surface area contributed by atoms with Crippen molar-refractivity contribution in [3.8, 4) is 5.75 Å². The molecule has 1 aromatic heterocycles. The minimum Gasteiger partial charge on any atom is -0.495 e. The molecule has 0 unspecified atom stereocenters. The van der Waals surface area contributed by atoms with Crippen molar-refractivity contribution >= 4 is 0 Å². The van der Waals surface area contributed by atoms with Gasteiger partial charge in [-0.1, -0.05) is 0 Å². The first-order valence-corrected chi connectivity index (χ1v) is 3.93. The summed E-state index contributed by atoms with van der Waals surface area (Å²) >= 11 is 0. The lowest BCUT2D eigenvalue weighted by molar-refractivity contribution is 0.132. The third-order valence-corrected chi connectivity index (χ3v) is 1.55. The maximum Gasteiger partial charge on any atom is 0.142 e. The minimum absolute atomic E-state index is 0.586. The van der Waals surface area contributed by atoms with E-state index in [1.165, 1.54) is 0 Å². The zero-order valence-corrected chi connectivity index (χ0v) is 7.41. The van der Waals surface area contributed by atoms with Gasteiger partial charge >= 0.3 is 0 Å². The maximum absolute atomic E-state index is 5.25. The molecule has 0 spiro atoms. The number of rotatable bonds is 4. The summed E-state index contributed by atoms with van der Waals surface area (Å²) in [4.78, 5) is 3.94. The highest BCUT2D eigenvalue weighted by Crippen LogP contribution is 2.16. The molecule has 0 aromatic carbocycles. The molecule has 0 atom stereocenters. The summed E-state index contributed by atoms with van der Waals surface area (Å²) in [5.41, 5.74) is 1.04. The van der Waals surface area contributed by atoms with Gasteiger partial charge in [0.2, 0.25) is 0 Å². The highest BCUT2D eigenvalue weighted by Gasteiger charge is 2.00. The molecule has 3 nitrogen and oxygen atoms in total. The lowest BCUT2D eigenvalue weighted by atomic mass is 10.2. The van der Waals surface area contributed by atoms with Crippen LogP contribution in [0.1, 0.15) is 12.5 Å².